The fourth-order valence-corrected chi connectivity index (χ4v) is 1.11. The van der Waals surface area contributed by atoms with E-state index in [9.17, 15) is 0 Å². The first-order chi connectivity index (χ1) is 6.41. The van der Waals surface area contributed by atoms with Crippen molar-refractivity contribution in [3.63, 3.8) is 0 Å². The predicted molar refractivity (Wildman–Crippen MR) is 58.7 cm³/mol. The third-order valence-electron chi connectivity index (χ3n) is 1.87. The number of allylic oxidation sites excluding steroid dienone is 4. The van der Waals surface area contributed by atoms with E-state index in [-0.39, 0.29) is 0 Å². The van der Waals surface area contributed by atoms with Crippen LogP contribution in [0.3, 0.4) is 0 Å². The number of aliphatic hydroxyl groups excluding tert-OH is 1. The van der Waals surface area contributed by atoms with Crippen LogP contribution < -0.4 is 0 Å². The second-order valence-electron chi connectivity index (χ2n) is 3.16. The summed E-state index contributed by atoms with van der Waals surface area (Å²) in [6.45, 7) is 2.48. The van der Waals surface area contributed by atoms with Crippen LogP contribution in [-0.4, -0.2) is 11.7 Å². The lowest BCUT2D eigenvalue weighted by atomic mass is 10.2. The largest absolute Gasteiger partial charge is 0.396 e. The Morgan fingerprint density at radius 3 is 2.38 bits per heavy atom. The second-order valence-corrected chi connectivity index (χ2v) is 3.16. The molecule has 0 aromatic heterocycles. The lowest BCUT2D eigenvalue weighted by Crippen LogP contribution is -1.81. The summed E-state index contributed by atoms with van der Waals surface area (Å²) in [7, 11) is 0. The van der Waals surface area contributed by atoms with Gasteiger partial charge in [-0.15, -0.1) is 0 Å². The molecule has 0 aliphatic heterocycles. The maximum Gasteiger partial charge on any atom is 0.0431 e. The molecule has 0 fully saturated rings. The maximum atomic E-state index is 8.54. The van der Waals surface area contributed by atoms with Gasteiger partial charge in [0.2, 0.25) is 0 Å². The van der Waals surface area contributed by atoms with Crippen LogP contribution in [0, 0.1) is 0 Å². The topological polar surface area (TPSA) is 20.2 Å². The lowest BCUT2D eigenvalue weighted by Gasteiger charge is -1.93. The summed E-state index contributed by atoms with van der Waals surface area (Å²) in [5.41, 5.74) is 0. The number of rotatable bonds is 8. The van der Waals surface area contributed by atoms with Crippen molar-refractivity contribution in [3.8, 4) is 0 Å². The quantitative estimate of drug-likeness (QED) is 0.450. The summed E-state index contributed by atoms with van der Waals surface area (Å²) < 4.78 is 0. The van der Waals surface area contributed by atoms with E-state index in [1.165, 1.54) is 6.42 Å². The highest BCUT2D eigenvalue weighted by atomic mass is 16.2. The highest BCUT2D eigenvalue weighted by Crippen LogP contribution is 2.00. The summed E-state index contributed by atoms with van der Waals surface area (Å²) in [6.07, 6.45) is 15.5. The molecule has 0 spiro atoms. The maximum absolute atomic E-state index is 8.54. The van der Waals surface area contributed by atoms with E-state index in [4.69, 9.17) is 5.11 Å². The molecule has 1 nitrogen and oxygen atoms in total. The van der Waals surface area contributed by atoms with Gasteiger partial charge in [0.05, 0.1) is 0 Å². The van der Waals surface area contributed by atoms with Gasteiger partial charge in [0.1, 0.15) is 0 Å². The lowest BCUT2D eigenvalue weighted by molar-refractivity contribution is 0.283. The van der Waals surface area contributed by atoms with Crippen LogP contribution in [0.5, 0.6) is 0 Å². The summed E-state index contributed by atoms with van der Waals surface area (Å²) in [5, 5.41) is 8.54. The number of unbranched alkanes of at least 4 members (excludes halogenated alkanes) is 3. The summed E-state index contributed by atoms with van der Waals surface area (Å²) >= 11 is 0. The molecule has 1 heteroatoms. The minimum absolute atomic E-state index is 0.336. The fraction of sp³-hybridized carbons (Fsp3) is 0.667. The van der Waals surface area contributed by atoms with Gasteiger partial charge >= 0.3 is 0 Å². The summed E-state index contributed by atoms with van der Waals surface area (Å²) in [6, 6.07) is 0. The van der Waals surface area contributed by atoms with Crippen LogP contribution in [0.4, 0.5) is 0 Å². The number of hydrogen-bond donors (Lipinski definition) is 1. The molecule has 0 aliphatic carbocycles. The Morgan fingerprint density at radius 2 is 1.69 bits per heavy atom. The van der Waals surface area contributed by atoms with Crippen LogP contribution in [0.2, 0.25) is 0 Å². The molecule has 0 aromatic rings. The first kappa shape index (κ1) is 12.4. The molecule has 0 aromatic carbocycles. The molecule has 0 bridgehead atoms. The Morgan fingerprint density at radius 1 is 0.923 bits per heavy atom. The van der Waals surface area contributed by atoms with Crippen molar-refractivity contribution in [2.24, 2.45) is 0 Å². The highest BCUT2D eigenvalue weighted by Gasteiger charge is 1.83. The molecule has 0 aliphatic rings. The van der Waals surface area contributed by atoms with Crippen LogP contribution in [0.1, 0.15) is 45.4 Å². The summed E-state index contributed by atoms with van der Waals surface area (Å²) in [4.78, 5) is 0. The third-order valence-corrected chi connectivity index (χ3v) is 1.87. The standard InChI is InChI=1S/C12H22O/c1-2-3-4-5-6-7-8-9-10-11-12-13/h3-4,6-7,13H,2,5,8-12H2,1H3/b4-3?,7-6-. The molecule has 0 radical (unpaired) electrons. The minimum Gasteiger partial charge on any atom is -0.396 e. The van der Waals surface area contributed by atoms with Crippen molar-refractivity contribution in [3.05, 3.63) is 24.3 Å². The van der Waals surface area contributed by atoms with Crippen molar-refractivity contribution < 1.29 is 5.11 Å². The Bertz CT molecular complexity index is 136. The molecule has 1 N–H and O–H groups in total. The van der Waals surface area contributed by atoms with Gasteiger partial charge in [-0.1, -0.05) is 37.6 Å². The molecule has 0 unspecified atom stereocenters. The normalized spacial score (nSPS) is 11.8. The van der Waals surface area contributed by atoms with Gasteiger partial charge in [0, 0.05) is 6.61 Å². The number of hydrogen-bond acceptors (Lipinski definition) is 1. The molecule has 0 atom stereocenters. The molecule has 13 heavy (non-hydrogen) atoms. The zero-order chi connectivity index (χ0) is 9.78. The van der Waals surface area contributed by atoms with Gasteiger partial charge in [0.25, 0.3) is 0 Å². The van der Waals surface area contributed by atoms with Gasteiger partial charge < -0.3 is 5.11 Å². The Labute approximate surface area is 82.2 Å². The smallest absolute Gasteiger partial charge is 0.0431 e. The van der Waals surface area contributed by atoms with E-state index in [0.717, 1.165) is 32.1 Å². The average molecular weight is 182 g/mol. The van der Waals surface area contributed by atoms with Crippen LogP contribution in [0.25, 0.3) is 0 Å². The minimum atomic E-state index is 0.336. The van der Waals surface area contributed by atoms with E-state index in [1.54, 1.807) is 0 Å². The highest BCUT2D eigenvalue weighted by molar-refractivity contribution is 4.92. The van der Waals surface area contributed by atoms with Crippen molar-refractivity contribution in [1.29, 1.82) is 0 Å². The van der Waals surface area contributed by atoms with E-state index < -0.39 is 0 Å². The average Bonchev–Trinajstić information content (AvgIpc) is 2.16. The molecule has 0 rings (SSSR count). The SMILES string of the molecule is CCC=CC/C=C\CCCCCO. The van der Waals surface area contributed by atoms with E-state index >= 15 is 0 Å². The van der Waals surface area contributed by atoms with Crippen LogP contribution in [-0.2, 0) is 0 Å². The first-order valence-electron chi connectivity index (χ1n) is 5.32. The first-order valence-corrected chi connectivity index (χ1v) is 5.32. The van der Waals surface area contributed by atoms with Gasteiger partial charge in [-0.05, 0) is 32.1 Å². The van der Waals surface area contributed by atoms with Gasteiger partial charge in [-0.2, -0.15) is 0 Å². The van der Waals surface area contributed by atoms with Crippen molar-refractivity contribution in [1.82, 2.24) is 0 Å². The zero-order valence-corrected chi connectivity index (χ0v) is 8.71. The molecule has 0 saturated carbocycles. The predicted octanol–water partition coefficient (Wildman–Crippen LogP) is 3.45. The van der Waals surface area contributed by atoms with E-state index in [1.807, 2.05) is 0 Å². The van der Waals surface area contributed by atoms with Crippen LogP contribution in [0.15, 0.2) is 24.3 Å². The van der Waals surface area contributed by atoms with E-state index in [2.05, 4.69) is 31.2 Å². The van der Waals surface area contributed by atoms with E-state index in [0.29, 0.717) is 6.61 Å². The number of aliphatic hydroxyl groups is 1. The van der Waals surface area contributed by atoms with Gasteiger partial charge in [-0.25, -0.2) is 0 Å². The third kappa shape index (κ3) is 11.4. The van der Waals surface area contributed by atoms with Gasteiger partial charge in [-0.3, -0.25) is 0 Å². The Hall–Kier alpha value is -0.560. The zero-order valence-electron chi connectivity index (χ0n) is 8.71. The monoisotopic (exact) mass is 182 g/mol. The second kappa shape index (κ2) is 11.4. The molecule has 76 valence electrons. The Kier molecular flexibility index (Phi) is 10.9. The Balaban J connectivity index is 3.08. The molecule has 0 amide bonds. The molecule has 0 saturated heterocycles. The van der Waals surface area contributed by atoms with Crippen molar-refractivity contribution in [2.75, 3.05) is 6.61 Å². The molecule has 0 heterocycles. The fourth-order valence-electron chi connectivity index (χ4n) is 1.11. The van der Waals surface area contributed by atoms with Crippen molar-refractivity contribution >= 4 is 0 Å². The van der Waals surface area contributed by atoms with Gasteiger partial charge in [0.15, 0.2) is 0 Å². The van der Waals surface area contributed by atoms with Crippen molar-refractivity contribution in [2.45, 2.75) is 45.4 Å². The molecular weight excluding hydrogens is 160 g/mol. The summed E-state index contributed by atoms with van der Waals surface area (Å²) in [5.74, 6) is 0. The molecular formula is C12H22O. The van der Waals surface area contributed by atoms with Crippen LogP contribution >= 0.6 is 0 Å².